The fraction of sp³-hybridized carbons (Fsp3) is 0.350. The summed E-state index contributed by atoms with van der Waals surface area (Å²) >= 11 is 12.7. The van der Waals surface area contributed by atoms with Crippen LogP contribution in [0.3, 0.4) is 0 Å². The normalized spacial score (nSPS) is 14.5. The Balaban J connectivity index is 1.62. The molecular formula is C20H19Cl2N5O5. The van der Waals surface area contributed by atoms with Crippen LogP contribution in [0.25, 0.3) is 5.69 Å². The maximum absolute atomic E-state index is 12.2. The van der Waals surface area contributed by atoms with E-state index in [1.54, 1.807) is 6.07 Å². The largest absolute Gasteiger partial charge is 0.434 e. The first-order valence-corrected chi connectivity index (χ1v) is 10.6. The third kappa shape index (κ3) is 4.77. The van der Waals surface area contributed by atoms with Gasteiger partial charge < -0.3 is 9.47 Å². The van der Waals surface area contributed by atoms with Crippen molar-refractivity contribution in [2.45, 2.75) is 26.2 Å². The van der Waals surface area contributed by atoms with Crippen LogP contribution in [0.4, 0.5) is 0 Å². The number of halogens is 2. The highest BCUT2D eigenvalue weighted by molar-refractivity contribution is 6.37. The van der Waals surface area contributed by atoms with Crippen molar-refractivity contribution in [3.05, 3.63) is 70.7 Å². The van der Waals surface area contributed by atoms with Gasteiger partial charge in [0.1, 0.15) is 5.69 Å². The van der Waals surface area contributed by atoms with Crippen LogP contribution in [-0.2, 0) is 11.2 Å². The second-order valence-corrected chi connectivity index (χ2v) is 8.23. The number of nitrogens with one attached hydrogen (secondary N) is 2. The minimum atomic E-state index is -0.735. The molecule has 1 aromatic carbocycles. The van der Waals surface area contributed by atoms with Crippen molar-refractivity contribution in [2.24, 2.45) is 5.92 Å². The summed E-state index contributed by atoms with van der Waals surface area (Å²) in [6.45, 7) is 2.83. The number of nitrogens with zero attached hydrogens (tertiary/aromatic N) is 3. The molecule has 0 aliphatic carbocycles. The highest BCUT2D eigenvalue weighted by atomic mass is 35.5. The smallest absolute Gasteiger partial charge is 0.349 e. The van der Waals surface area contributed by atoms with Gasteiger partial charge in [-0.3, -0.25) is 14.6 Å². The second kappa shape index (κ2) is 9.27. The Labute approximate surface area is 191 Å². The van der Waals surface area contributed by atoms with E-state index in [9.17, 15) is 14.4 Å². The first kappa shape index (κ1) is 22.3. The summed E-state index contributed by atoms with van der Waals surface area (Å²) in [5, 5.41) is 10.5. The van der Waals surface area contributed by atoms with E-state index in [1.807, 2.05) is 0 Å². The molecule has 4 rings (SSSR count). The van der Waals surface area contributed by atoms with Gasteiger partial charge in [-0.2, -0.15) is 9.78 Å². The van der Waals surface area contributed by atoms with Crippen molar-refractivity contribution in [2.75, 3.05) is 13.2 Å². The number of aromatic nitrogens is 5. The third-order valence-electron chi connectivity index (χ3n) is 5.13. The van der Waals surface area contributed by atoms with Crippen LogP contribution < -0.4 is 21.5 Å². The molecule has 12 heteroatoms. The van der Waals surface area contributed by atoms with E-state index < -0.39 is 11.2 Å². The quantitative estimate of drug-likeness (QED) is 0.573. The number of H-pyrrole nitrogens is 2. The van der Waals surface area contributed by atoms with Crippen LogP contribution in [0.5, 0.6) is 11.6 Å². The summed E-state index contributed by atoms with van der Waals surface area (Å²) in [5.74, 6) is 0.569. The van der Waals surface area contributed by atoms with Crippen molar-refractivity contribution in [3.63, 3.8) is 0 Å². The van der Waals surface area contributed by atoms with Gasteiger partial charge in [-0.25, -0.2) is 9.89 Å². The van der Waals surface area contributed by atoms with E-state index in [1.165, 1.54) is 19.1 Å². The maximum atomic E-state index is 12.2. The summed E-state index contributed by atoms with van der Waals surface area (Å²) in [5.41, 5.74) is -0.705. The van der Waals surface area contributed by atoms with E-state index in [-0.39, 0.29) is 38.6 Å². The highest BCUT2D eigenvalue weighted by Crippen LogP contribution is 2.37. The van der Waals surface area contributed by atoms with Gasteiger partial charge >= 0.3 is 5.69 Å². The minimum Gasteiger partial charge on any atom is -0.434 e. The molecule has 1 fully saturated rings. The van der Waals surface area contributed by atoms with Crippen LogP contribution in [0.2, 0.25) is 10.0 Å². The van der Waals surface area contributed by atoms with Crippen molar-refractivity contribution in [3.8, 4) is 17.3 Å². The van der Waals surface area contributed by atoms with Gasteiger partial charge in [0, 0.05) is 24.8 Å². The topological polar surface area (TPSA) is 132 Å². The van der Waals surface area contributed by atoms with Crippen LogP contribution >= 0.6 is 23.2 Å². The van der Waals surface area contributed by atoms with Crippen molar-refractivity contribution >= 4 is 23.2 Å². The highest BCUT2D eigenvalue weighted by Gasteiger charge is 2.18. The molecule has 1 saturated heterocycles. The number of benzene rings is 1. The average Bonchev–Trinajstić information content (AvgIpc) is 2.76. The molecule has 1 aliphatic heterocycles. The molecule has 0 radical (unpaired) electrons. The lowest BCUT2D eigenvalue weighted by atomic mass is 9.93. The van der Waals surface area contributed by atoms with E-state index >= 15 is 0 Å². The van der Waals surface area contributed by atoms with Crippen LogP contribution in [0.15, 0.2) is 32.6 Å². The van der Waals surface area contributed by atoms with Crippen LogP contribution in [0.1, 0.15) is 24.1 Å². The standard InChI is InChI=1S/C20H19Cl2N5O5/c1-10-18(28)23-20(30)27(26-10)13-8-14(21)17(15(22)9-13)32-16-7-12(19(29)25-24-16)6-11-2-4-31-5-3-11/h7-9,11H,2-6H2,1H3,(H,25,29)(H,23,28,30). The lowest BCUT2D eigenvalue weighted by Crippen LogP contribution is -2.32. The fourth-order valence-electron chi connectivity index (χ4n) is 3.42. The first-order valence-electron chi connectivity index (χ1n) is 9.85. The number of aromatic amines is 2. The van der Waals surface area contributed by atoms with Gasteiger partial charge in [-0.15, -0.1) is 5.10 Å². The summed E-state index contributed by atoms with van der Waals surface area (Å²) in [6, 6.07) is 4.40. The Morgan fingerprint density at radius 2 is 1.81 bits per heavy atom. The molecule has 3 aromatic rings. The molecule has 0 saturated carbocycles. The second-order valence-electron chi connectivity index (χ2n) is 7.42. The van der Waals surface area contributed by atoms with Crippen molar-refractivity contribution in [1.82, 2.24) is 25.0 Å². The predicted molar refractivity (Wildman–Crippen MR) is 117 cm³/mol. The van der Waals surface area contributed by atoms with Gasteiger partial charge in [-0.05, 0) is 44.2 Å². The molecule has 0 spiro atoms. The molecule has 0 amide bonds. The molecule has 3 heterocycles. The van der Waals surface area contributed by atoms with Gasteiger partial charge in [0.05, 0.1) is 15.7 Å². The molecular weight excluding hydrogens is 461 g/mol. The molecule has 2 N–H and O–H groups in total. The molecule has 1 aliphatic rings. The third-order valence-corrected chi connectivity index (χ3v) is 5.69. The zero-order chi connectivity index (χ0) is 22.8. The Kier molecular flexibility index (Phi) is 6.45. The molecule has 0 atom stereocenters. The van der Waals surface area contributed by atoms with Crippen LogP contribution in [-0.4, -0.2) is 38.2 Å². The Morgan fingerprint density at radius 3 is 2.50 bits per heavy atom. The number of ether oxygens (including phenoxy) is 2. The lowest BCUT2D eigenvalue weighted by molar-refractivity contribution is 0.0664. The maximum Gasteiger partial charge on any atom is 0.349 e. The summed E-state index contributed by atoms with van der Waals surface area (Å²) in [4.78, 5) is 38.0. The zero-order valence-corrected chi connectivity index (χ0v) is 18.5. The predicted octanol–water partition coefficient (Wildman–Crippen LogP) is 2.38. The van der Waals surface area contributed by atoms with Crippen molar-refractivity contribution < 1.29 is 9.47 Å². The number of rotatable bonds is 5. The number of hydrogen-bond donors (Lipinski definition) is 2. The first-order chi connectivity index (χ1) is 15.3. The average molecular weight is 480 g/mol. The van der Waals surface area contributed by atoms with Gasteiger partial charge in [0.15, 0.2) is 5.75 Å². The number of hydrogen-bond acceptors (Lipinski definition) is 7. The molecule has 32 heavy (non-hydrogen) atoms. The SMILES string of the molecule is Cc1nn(-c2cc(Cl)c(Oc3cc(CC4CCOCC4)c(=O)[nH]n3)c(Cl)c2)c(=O)[nH]c1=O. The van der Waals surface area contributed by atoms with Gasteiger partial charge in [0.2, 0.25) is 5.88 Å². The summed E-state index contributed by atoms with van der Waals surface area (Å²) in [6.07, 6.45) is 2.35. The van der Waals surface area contributed by atoms with E-state index in [0.29, 0.717) is 31.1 Å². The fourth-order valence-corrected chi connectivity index (χ4v) is 3.97. The minimum absolute atomic E-state index is 0.0871. The molecule has 0 unspecified atom stereocenters. The summed E-state index contributed by atoms with van der Waals surface area (Å²) in [7, 11) is 0. The van der Waals surface area contributed by atoms with Crippen LogP contribution in [0, 0.1) is 12.8 Å². The van der Waals surface area contributed by atoms with E-state index in [4.69, 9.17) is 32.7 Å². The summed E-state index contributed by atoms with van der Waals surface area (Å²) < 4.78 is 12.1. The van der Waals surface area contributed by atoms with Gasteiger partial charge in [0.25, 0.3) is 11.1 Å². The Hall–Kier alpha value is -2.95. The molecule has 0 bridgehead atoms. The molecule has 2 aromatic heterocycles. The Morgan fingerprint density at radius 1 is 1.12 bits per heavy atom. The number of aryl methyl sites for hydroxylation is 1. The van der Waals surface area contributed by atoms with Crippen molar-refractivity contribution in [1.29, 1.82) is 0 Å². The van der Waals surface area contributed by atoms with Gasteiger partial charge in [-0.1, -0.05) is 23.2 Å². The zero-order valence-electron chi connectivity index (χ0n) is 17.0. The Bertz CT molecular complexity index is 1300. The lowest BCUT2D eigenvalue weighted by Gasteiger charge is -2.21. The molecule has 168 valence electrons. The monoisotopic (exact) mass is 479 g/mol. The van der Waals surface area contributed by atoms with E-state index in [2.05, 4.69) is 20.3 Å². The van der Waals surface area contributed by atoms with E-state index in [0.717, 1.165) is 17.5 Å². The molecule has 10 nitrogen and oxygen atoms in total.